The van der Waals surface area contributed by atoms with Gasteiger partial charge >= 0.3 is 0 Å². The lowest BCUT2D eigenvalue weighted by Gasteiger charge is -2.08. The number of rotatable bonds is 13. The lowest BCUT2D eigenvalue weighted by Crippen LogP contribution is -2.15. The second-order valence-corrected chi connectivity index (χ2v) is 8.52. The largest absolute Gasteiger partial charge is 0.493 e. The molecule has 0 radical (unpaired) electrons. The summed E-state index contributed by atoms with van der Waals surface area (Å²) in [6.45, 7) is 3.85. The molecule has 0 fully saturated rings. The van der Waals surface area contributed by atoms with Crippen LogP contribution < -0.4 is 4.74 Å². The normalized spacial score (nSPS) is 11.8. The van der Waals surface area contributed by atoms with Gasteiger partial charge in [-0.3, -0.25) is 8.86 Å². The lowest BCUT2D eigenvalue weighted by atomic mass is 10.1. The highest BCUT2D eigenvalue weighted by Gasteiger charge is 2.11. The van der Waals surface area contributed by atoms with Crippen LogP contribution in [0.2, 0.25) is 0 Å². The minimum absolute atomic E-state index is 0.0703. The molecule has 162 valence electrons. The van der Waals surface area contributed by atoms with E-state index in [1.54, 1.807) is 10.9 Å². The van der Waals surface area contributed by atoms with Gasteiger partial charge in [0.25, 0.3) is 10.1 Å². The molecule has 30 heavy (non-hydrogen) atoms. The summed E-state index contributed by atoms with van der Waals surface area (Å²) in [6, 6.07) is 13.9. The van der Waals surface area contributed by atoms with Crippen molar-refractivity contribution in [3.63, 3.8) is 0 Å². The van der Waals surface area contributed by atoms with Crippen LogP contribution >= 0.6 is 0 Å². The van der Waals surface area contributed by atoms with Crippen LogP contribution in [0.15, 0.2) is 48.7 Å². The van der Waals surface area contributed by atoms with Crippen molar-refractivity contribution in [3.05, 3.63) is 54.4 Å². The molecule has 0 unspecified atom stereocenters. The van der Waals surface area contributed by atoms with Gasteiger partial charge in [-0.2, -0.15) is 8.42 Å². The van der Waals surface area contributed by atoms with Gasteiger partial charge in [0, 0.05) is 19.6 Å². The minimum atomic E-state index is -3.57. The Labute approximate surface area is 176 Å². The zero-order chi connectivity index (χ0) is 21.2. The van der Waals surface area contributed by atoms with Gasteiger partial charge in [0.2, 0.25) is 0 Å². The third-order valence-corrected chi connectivity index (χ3v) is 5.68. The molecule has 0 saturated carbocycles. The molecule has 0 saturated heterocycles. The zero-order valence-corrected chi connectivity index (χ0v) is 17.9. The Morgan fingerprint density at radius 1 is 1.03 bits per heavy atom. The fourth-order valence-electron chi connectivity index (χ4n) is 2.87. The van der Waals surface area contributed by atoms with Crippen LogP contribution in [0.1, 0.15) is 25.5 Å². The van der Waals surface area contributed by atoms with Crippen molar-refractivity contribution < 1.29 is 22.1 Å². The number of benzene rings is 2. The Bertz CT molecular complexity index is 1040. The topological polar surface area (TPSA) is 92.5 Å². The summed E-state index contributed by atoms with van der Waals surface area (Å²) >= 11 is 0. The van der Waals surface area contributed by atoms with E-state index in [0.717, 1.165) is 22.2 Å². The first-order chi connectivity index (χ1) is 14.6. The highest BCUT2D eigenvalue weighted by molar-refractivity contribution is 7.86. The van der Waals surface area contributed by atoms with Crippen LogP contribution in [0.4, 0.5) is 0 Å². The van der Waals surface area contributed by atoms with Gasteiger partial charge < -0.3 is 9.47 Å². The molecule has 1 heterocycles. The Morgan fingerprint density at radius 3 is 2.70 bits per heavy atom. The van der Waals surface area contributed by atoms with E-state index in [-0.39, 0.29) is 12.4 Å². The van der Waals surface area contributed by atoms with Gasteiger partial charge in [-0.25, -0.2) is 0 Å². The fourth-order valence-corrected chi connectivity index (χ4v) is 3.85. The quantitative estimate of drug-likeness (QED) is 0.302. The zero-order valence-electron chi connectivity index (χ0n) is 17.1. The van der Waals surface area contributed by atoms with E-state index in [2.05, 4.69) is 10.3 Å². The SMILES string of the molecule is CCOCc1cn(CCCS(=O)(=O)OCCCOc2ccc3ccccc3c2)nn1. The van der Waals surface area contributed by atoms with Crippen molar-refractivity contribution >= 4 is 20.9 Å². The first-order valence-electron chi connectivity index (χ1n) is 10.0. The van der Waals surface area contributed by atoms with Gasteiger partial charge in [0.05, 0.1) is 31.8 Å². The monoisotopic (exact) mass is 433 g/mol. The van der Waals surface area contributed by atoms with E-state index < -0.39 is 10.1 Å². The third-order valence-electron chi connectivity index (χ3n) is 4.36. The molecule has 1 aromatic heterocycles. The number of aryl methyl sites for hydroxylation is 1. The van der Waals surface area contributed by atoms with Crippen LogP contribution in [-0.4, -0.2) is 49.0 Å². The maximum Gasteiger partial charge on any atom is 0.267 e. The highest BCUT2D eigenvalue weighted by Crippen LogP contribution is 2.20. The van der Waals surface area contributed by atoms with Crippen LogP contribution in [0.5, 0.6) is 5.75 Å². The number of aromatic nitrogens is 3. The summed E-state index contributed by atoms with van der Waals surface area (Å²) in [5, 5.41) is 10.2. The van der Waals surface area contributed by atoms with E-state index >= 15 is 0 Å². The van der Waals surface area contributed by atoms with Crippen molar-refractivity contribution in [1.29, 1.82) is 0 Å². The molecule has 0 N–H and O–H groups in total. The minimum Gasteiger partial charge on any atom is -0.493 e. The molecule has 0 amide bonds. The molecule has 0 aliphatic carbocycles. The van der Waals surface area contributed by atoms with Gasteiger partial charge in [0.1, 0.15) is 11.4 Å². The van der Waals surface area contributed by atoms with Crippen molar-refractivity contribution in [1.82, 2.24) is 15.0 Å². The summed E-state index contributed by atoms with van der Waals surface area (Å²) in [4.78, 5) is 0. The summed E-state index contributed by atoms with van der Waals surface area (Å²) in [5.41, 5.74) is 0.724. The highest BCUT2D eigenvalue weighted by atomic mass is 32.2. The maximum absolute atomic E-state index is 12.0. The van der Waals surface area contributed by atoms with E-state index in [1.807, 2.05) is 49.4 Å². The molecular weight excluding hydrogens is 406 g/mol. The second-order valence-electron chi connectivity index (χ2n) is 6.76. The number of hydrogen-bond acceptors (Lipinski definition) is 7. The molecule has 9 heteroatoms. The Kier molecular flexibility index (Phi) is 8.18. The summed E-state index contributed by atoms with van der Waals surface area (Å²) in [5.74, 6) is 0.687. The maximum atomic E-state index is 12.0. The molecule has 0 aliphatic heterocycles. The molecule has 2 aromatic carbocycles. The Hall–Kier alpha value is -2.49. The smallest absolute Gasteiger partial charge is 0.267 e. The summed E-state index contributed by atoms with van der Waals surface area (Å²) in [7, 11) is -3.57. The number of fused-ring (bicyclic) bond motifs is 1. The molecule has 0 atom stereocenters. The van der Waals surface area contributed by atoms with E-state index in [4.69, 9.17) is 13.7 Å². The van der Waals surface area contributed by atoms with Crippen LogP contribution in [0, 0.1) is 0 Å². The number of hydrogen-bond donors (Lipinski definition) is 0. The molecule has 3 rings (SSSR count). The summed E-state index contributed by atoms with van der Waals surface area (Å²) < 4.78 is 41.7. The first kappa shape index (κ1) is 22.2. The van der Waals surface area contributed by atoms with Crippen LogP contribution in [-0.2, 0) is 32.2 Å². The van der Waals surface area contributed by atoms with E-state index in [9.17, 15) is 8.42 Å². The van der Waals surface area contributed by atoms with E-state index in [0.29, 0.717) is 39.2 Å². The molecular formula is C21H27N3O5S. The average molecular weight is 434 g/mol. The van der Waals surface area contributed by atoms with Crippen molar-refractivity contribution in [2.75, 3.05) is 25.6 Å². The number of nitrogens with zero attached hydrogens (tertiary/aromatic N) is 3. The van der Waals surface area contributed by atoms with E-state index in [1.165, 1.54) is 0 Å². The first-order valence-corrected chi connectivity index (χ1v) is 11.6. The number of ether oxygens (including phenoxy) is 2. The van der Waals surface area contributed by atoms with Gasteiger partial charge in [0.15, 0.2) is 0 Å². The summed E-state index contributed by atoms with van der Waals surface area (Å²) in [6.07, 6.45) is 2.64. The Morgan fingerprint density at radius 2 is 1.87 bits per heavy atom. The average Bonchev–Trinajstić information content (AvgIpc) is 3.19. The van der Waals surface area contributed by atoms with Gasteiger partial charge in [-0.1, -0.05) is 35.5 Å². The van der Waals surface area contributed by atoms with Crippen LogP contribution in [0.3, 0.4) is 0 Å². The lowest BCUT2D eigenvalue weighted by molar-refractivity contribution is 0.131. The molecule has 0 spiro atoms. The fraction of sp³-hybridized carbons (Fsp3) is 0.429. The van der Waals surface area contributed by atoms with Gasteiger partial charge in [-0.15, -0.1) is 5.10 Å². The molecule has 8 nitrogen and oxygen atoms in total. The third kappa shape index (κ3) is 7.08. The predicted octanol–water partition coefficient (Wildman–Crippen LogP) is 3.17. The molecule has 0 aliphatic rings. The van der Waals surface area contributed by atoms with Crippen molar-refractivity contribution in [2.24, 2.45) is 0 Å². The Balaban J connectivity index is 1.32. The van der Waals surface area contributed by atoms with Crippen LogP contribution in [0.25, 0.3) is 10.8 Å². The molecule has 0 bridgehead atoms. The van der Waals surface area contributed by atoms with Crippen molar-refractivity contribution in [3.8, 4) is 5.75 Å². The van der Waals surface area contributed by atoms with Crippen molar-refractivity contribution in [2.45, 2.75) is 32.9 Å². The second kappa shape index (κ2) is 11.1. The van der Waals surface area contributed by atoms with Gasteiger partial charge in [-0.05, 0) is 36.2 Å². The molecule has 3 aromatic rings. The standard InChI is InChI=1S/C21H27N3O5S/c1-2-27-17-20-16-24(23-22-20)11-5-14-30(25,26)29-13-6-12-28-21-10-9-18-7-3-4-8-19(18)15-21/h3-4,7-10,15-16H,2,5-6,11-14,17H2,1H3. The predicted molar refractivity (Wildman–Crippen MR) is 114 cm³/mol.